The van der Waals surface area contributed by atoms with Crippen LogP contribution in [0.25, 0.3) is 0 Å². The van der Waals surface area contributed by atoms with Gasteiger partial charge >= 0.3 is 0 Å². The molecule has 1 aromatic carbocycles. The molecule has 24 heavy (non-hydrogen) atoms. The Balaban J connectivity index is 0.00000529. The number of aliphatic imine (C=N–C) groups is 1. The summed E-state index contributed by atoms with van der Waals surface area (Å²) in [6.45, 7) is 5.08. The highest BCUT2D eigenvalue weighted by molar-refractivity contribution is 14.0. The molecule has 0 saturated carbocycles. The SMILES string of the molecule is CCC(C)NC(=O)CCNC(=NC)NCCc1ccccc1F.I. The molecule has 0 bridgehead atoms. The fourth-order valence-electron chi connectivity index (χ4n) is 1.98. The maximum Gasteiger partial charge on any atom is 0.221 e. The van der Waals surface area contributed by atoms with Gasteiger partial charge in [-0.15, -0.1) is 24.0 Å². The third-order valence-electron chi connectivity index (χ3n) is 3.53. The van der Waals surface area contributed by atoms with Gasteiger partial charge in [-0.05, 0) is 31.4 Å². The number of nitrogens with one attached hydrogen (secondary N) is 3. The van der Waals surface area contributed by atoms with Crippen LogP contribution in [0.3, 0.4) is 0 Å². The number of halogens is 2. The maximum atomic E-state index is 13.5. The molecule has 7 heteroatoms. The van der Waals surface area contributed by atoms with Crippen molar-refractivity contribution >= 4 is 35.8 Å². The van der Waals surface area contributed by atoms with Crippen LogP contribution >= 0.6 is 24.0 Å². The van der Waals surface area contributed by atoms with E-state index in [4.69, 9.17) is 0 Å². The summed E-state index contributed by atoms with van der Waals surface area (Å²) in [4.78, 5) is 15.8. The van der Waals surface area contributed by atoms with Gasteiger partial charge in [0.2, 0.25) is 5.91 Å². The molecule has 0 spiro atoms. The minimum Gasteiger partial charge on any atom is -0.356 e. The van der Waals surface area contributed by atoms with Crippen molar-refractivity contribution in [2.75, 3.05) is 20.1 Å². The van der Waals surface area contributed by atoms with Crippen LogP contribution < -0.4 is 16.0 Å². The van der Waals surface area contributed by atoms with Crippen molar-refractivity contribution < 1.29 is 9.18 Å². The summed E-state index contributed by atoms with van der Waals surface area (Å²) >= 11 is 0. The summed E-state index contributed by atoms with van der Waals surface area (Å²) in [6, 6.07) is 6.92. The van der Waals surface area contributed by atoms with Crippen molar-refractivity contribution in [2.24, 2.45) is 4.99 Å². The van der Waals surface area contributed by atoms with E-state index in [1.165, 1.54) is 6.07 Å². The van der Waals surface area contributed by atoms with Gasteiger partial charge in [0.05, 0.1) is 0 Å². The molecule has 0 aliphatic heterocycles. The lowest BCUT2D eigenvalue weighted by molar-refractivity contribution is -0.121. The molecule has 0 aliphatic rings. The number of nitrogens with zero attached hydrogens (tertiary/aromatic N) is 1. The van der Waals surface area contributed by atoms with E-state index in [9.17, 15) is 9.18 Å². The van der Waals surface area contributed by atoms with Crippen molar-refractivity contribution in [3.8, 4) is 0 Å². The van der Waals surface area contributed by atoms with Crippen LogP contribution in [0.15, 0.2) is 29.3 Å². The number of rotatable bonds is 8. The van der Waals surface area contributed by atoms with E-state index in [1.54, 1.807) is 19.2 Å². The highest BCUT2D eigenvalue weighted by Gasteiger charge is 2.06. The Labute approximate surface area is 160 Å². The quantitative estimate of drug-likeness (QED) is 0.324. The first-order chi connectivity index (χ1) is 11.1. The fourth-order valence-corrected chi connectivity index (χ4v) is 1.98. The number of carbonyl (C=O) groups excluding carboxylic acids is 1. The van der Waals surface area contributed by atoms with Gasteiger partial charge in [-0.2, -0.15) is 0 Å². The maximum absolute atomic E-state index is 13.5. The van der Waals surface area contributed by atoms with Crippen LogP contribution in [0.2, 0.25) is 0 Å². The van der Waals surface area contributed by atoms with Crippen LogP contribution in [0, 0.1) is 5.82 Å². The average molecular weight is 450 g/mol. The Morgan fingerprint density at radius 3 is 2.54 bits per heavy atom. The fraction of sp³-hybridized carbons (Fsp3) is 0.529. The van der Waals surface area contributed by atoms with E-state index in [-0.39, 0.29) is 41.7 Å². The second-order valence-corrected chi connectivity index (χ2v) is 5.39. The molecule has 1 rings (SSSR count). The Kier molecular flexibility index (Phi) is 12.2. The summed E-state index contributed by atoms with van der Waals surface area (Å²) in [5.74, 6) is 0.435. The molecule has 0 fully saturated rings. The first kappa shape index (κ1) is 22.6. The molecule has 0 radical (unpaired) electrons. The van der Waals surface area contributed by atoms with Crippen LogP contribution in [-0.2, 0) is 11.2 Å². The van der Waals surface area contributed by atoms with Gasteiger partial charge in [0, 0.05) is 32.6 Å². The van der Waals surface area contributed by atoms with E-state index in [2.05, 4.69) is 20.9 Å². The Bertz CT molecular complexity index is 525. The summed E-state index contributed by atoms with van der Waals surface area (Å²) in [7, 11) is 1.66. The zero-order valence-corrected chi connectivity index (χ0v) is 16.9. The normalized spacial score (nSPS) is 12.1. The molecule has 3 N–H and O–H groups in total. The number of benzene rings is 1. The molecule has 1 aromatic rings. The van der Waals surface area contributed by atoms with Crippen LogP contribution in [-0.4, -0.2) is 38.0 Å². The highest BCUT2D eigenvalue weighted by atomic mass is 127. The second kappa shape index (κ2) is 13.0. The van der Waals surface area contributed by atoms with Crippen molar-refractivity contribution in [2.45, 2.75) is 39.2 Å². The third-order valence-corrected chi connectivity index (χ3v) is 3.53. The monoisotopic (exact) mass is 450 g/mol. The van der Waals surface area contributed by atoms with Gasteiger partial charge in [0.25, 0.3) is 0 Å². The summed E-state index contributed by atoms with van der Waals surface area (Å²) in [5.41, 5.74) is 0.670. The van der Waals surface area contributed by atoms with E-state index in [0.29, 0.717) is 37.5 Å². The van der Waals surface area contributed by atoms with E-state index >= 15 is 0 Å². The van der Waals surface area contributed by atoms with E-state index < -0.39 is 0 Å². The van der Waals surface area contributed by atoms with Crippen LogP contribution in [0.4, 0.5) is 4.39 Å². The lowest BCUT2D eigenvalue weighted by atomic mass is 10.1. The third kappa shape index (κ3) is 9.05. The largest absolute Gasteiger partial charge is 0.356 e. The minimum atomic E-state index is -0.195. The van der Waals surface area contributed by atoms with Gasteiger partial charge in [-0.1, -0.05) is 25.1 Å². The van der Waals surface area contributed by atoms with Gasteiger partial charge in [-0.25, -0.2) is 4.39 Å². The molecule has 1 unspecified atom stereocenters. The number of amides is 1. The van der Waals surface area contributed by atoms with Crippen molar-refractivity contribution in [3.05, 3.63) is 35.6 Å². The zero-order valence-electron chi connectivity index (χ0n) is 14.6. The molecule has 1 atom stereocenters. The van der Waals surface area contributed by atoms with Crippen molar-refractivity contribution in [1.82, 2.24) is 16.0 Å². The Morgan fingerprint density at radius 2 is 1.92 bits per heavy atom. The van der Waals surface area contributed by atoms with Crippen molar-refractivity contribution in [1.29, 1.82) is 0 Å². The standard InChI is InChI=1S/C17H27FN4O.HI/c1-4-13(2)22-16(23)10-12-21-17(19-3)20-11-9-14-7-5-6-8-15(14)18;/h5-8,13H,4,9-12H2,1-3H3,(H,22,23)(H2,19,20,21);1H. The Morgan fingerprint density at radius 1 is 1.25 bits per heavy atom. The predicted octanol–water partition coefficient (Wildman–Crippen LogP) is 2.46. The summed E-state index contributed by atoms with van der Waals surface area (Å²) < 4.78 is 13.5. The first-order valence-corrected chi connectivity index (χ1v) is 8.04. The molecule has 0 aromatic heterocycles. The highest BCUT2D eigenvalue weighted by Crippen LogP contribution is 2.05. The van der Waals surface area contributed by atoms with E-state index in [0.717, 1.165) is 6.42 Å². The smallest absolute Gasteiger partial charge is 0.221 e. The van der Waals surface area contributed by atoms with Crippen LogP contribution in [0.5, 0.6) is 0 Å². The predicted molar refractivity (Wildman–Crippen MR) is 107 cm³/mol. The topological polar surface area (TPSA) is 65.5 Å². The minimum absolute atomic E-state index is 0. The van der Waals surface area contributed by atoms with Gasteiger partial charge in [0.1, 0.15) is 5.82 Å². The number of carbonyl (C=O) groups is 1. The summed E-state index contributed by atoms with van der Waals surface area (Å²) in [5, 5.41) is 9.10. The molecular weight excluding hydrogens is 422 g/mol. The first-order valence-electron chi connectivity index (χ1n) is 8.04. The zero-order chi connectivity index (χ0) is 17.1. The van der Waals surface area contributed by atoms with Crippen molar-refractivity contribution in [3.63, 3.8) is 0 Å². The van der Waals surface area contributed by atoms with Gasteiger partial charge in [0.15, 0.2) is 5.96 Å². The lowest BCUT2D eigenvalue weighted by Crippen LogP contribution is -2.41. The average Bonchev–Trinajstić information content (AvgIpc) is 2.54. The summed E-state index contributed by atoms with van der Waals surface area (Å²) in [6.07, 6.45) is 1.87. The molecule has 1 amide bonds. The van der Waals surface area contributed by atoms with E-state index in [1.807, 2.05) is 19.9 Å². The lowest BCUT2D eigenvalue weighted by Gasteiger charge is -2.14. The molecule has 136 valence electrons. The van der Waals surface area contributed by atoms with Crippen LogP contribution in [0.1, 0.15) is 32.3 Å². The number of guanidine groups is 1. The molecule has 0 heterocycles. The Hall–Kier alpha value is -1.38. The molecular formula is C17H28FIN4O. The number of hydrogen-bond donors (Lipinski definition) is 3. The number of hydrogen-bond acceptors (Lipinski definition) is 2. The molecule has 0 aliphatic carbocycles. The molecule has 0 saturated heterocycles. The van der Waals surface area contributed by atoms with Gasteiger partial charge < -0.3 is 16.0 Å². The molecule has 5 nitrogen and oxygen atoms in total. The van der Waals surface area contributed by atoms with Gasteiger partial charge in [-0.3, -0.25) is 9.79 Å². The second-order valence-electron chi connectivity index (χ2n) is 5.39.